The molecule has 0 amide bonds. The third-order valence-corrected chi connectivity index (χ3v) is 7.53. The van der Waals surface area contributed by atoms with Gasteiger partial charge in [0.1, 0.15) is 0 Å². The Morgan fingerprint density at radius 2 is 2.11 bits per heavy atom. The van der Waals surface area contributed by atoms with E-state index in [1.54, 1.807) is 24.3 Å². The summed E-state index contributed by atoms with van der Waals surface area (Å²) in [5.74, 6) is 0.0176. The van der Waals surface area contributed by atoms with Gasteiger partial charge in [0, 0.05) is 12.6 Å². The molecule has 2 heterocycles. The average molecular weight is 320 g/mol. The number of rotatable bonds is 3. The molecule has 2 unspecified atom stereocenters. The molecule has 104 valence electrons. The SMILES string of the molecule is O=S(=O)(CC1OP(Cl)N2CCC[C@@H]12)c1ccccc1. The van der Waals surface area contributed by atoms with Crippen LogP contribution in [0.2, 0.25) is 0 Å². The maximum atomic E-state index is 12.3. The van der Waals surface area contributed by atoms with Gasteiger partial charge in [0.25, 0.3) is 0 Å². The van der Waals surface area contributed by atoms with Gasteiger partial charge >= 0.3 is 0 Å². The monoisotopic (exact) mass is 319 g/mol. The Hall–Kier alpha value is -0.190. The third-order valence-electron chi connectivity index (χ3n) is 3.61. The lowest BCUT2D eigenvalue weighted by Gasteiger charge is -2.17. The van der Waals surface area contributed by atoms with E-state index in [4.69, 9.17) is 15.8 Å². The number of sulfone groups is 1. The molecule has 0 N–H and O–H groups in total. The van der Waals surface area contributed by atoms with Crippen molar-refractivity contribution in [3.05, 3.63) is 30.3 Å². The van der Waals surface area contributed by atoms with E-state index in [1.165, 1.54) is 0 Å². The Bertz CT molecular complexity index is 553. The highest BCUT2D eigenvalue weighted by Crippen LogP contribution is 2.58. The van der Waals surface area contributed by atoms with E-state index in [2.05, 4.69) is 4.67 Å². The molecule has 2 aliphatic rings. The van der Waals surface area contributed by atoms with Crippen molar-refractivity contribution in [3.63, 3.8) is 0 Å². The molecule has 0 saturated carbocycles. The molecule has 2 fully saturated rings. The predicted octanol–water partition coefficient (Wildman–Crippen LogP) is 2.79. The van der Waals surface area contributed by atoms with Gasteiger partial charge in [0.15, 0.2) is 9.84 Å². The lowest BCUT2D eigenvalue weighted by molar-refractivity contribution is 0.235. The van der Waals surface area contributed by atoms with Crippen LogP contribution in [0.3, 0.4) is 0 Å². The third kappa shape index (κ3) is 2.67. The predicted molar refractivity (Wildman–Crippen MR) is 75.9 cm³/mol. The van der Waals surface area contributed by atoms with Gasteiger partial charge in [-0.1, -0.05) is 18.2 Å². The fraction of sp³-hybridized carbons (Fsp3) is 0.500. The molecule has 3 rings (SSSR count). The van der Waals surface area contributed by atoms with Crippen molar-refractivity contribution in [2.45, 2.75) is 29.9 Å². The van der Waals surface area contributed by atoms with Gasteiger partial charge in [-0.3, -0.25) is 0 Å². The van der Waals surface area contributed by atoms with Crippen LogP contribution in [0, 0.1) is 0 Å². The number of nitrogens with zero attached hydrogens (tertiary/aromatic N) is 1. The van der Waals surface area contributed by atoms with Crippen LogP contribution in [-0.2, 0) is 14.4 Å². The highest BCUT2D eigenvalue weighted by atomic mass is 35.7. The molecule has 19 heavy (non-hydrogen) atoms. The maximum absolute atomic E-state index is 12.3. The minimum Gasteiger partial charge on any atom is -0.325 e. The zero-order valence-corrected chi connectivity index (χ0v) is 12.7. The van der Waals surface area contributed by atoms with Crippen molar-refractivity contribution in [2.75, 3.05) is 12.3 Å². The first kappa shape index (κ1) is 13.8. The Balaban J connectivity index is 1.78. The molecule has 2 saturated heterocycles. The van der Waals surface area contributed by atoms with Gasteiger partial charge < -0.3 is 4.52 Å². The smallest absolute Gasteiger partial charge is 0.207 e. The number of benzene rings is 1. The Labute approximate surface area is 119 Å². The van der Waals surface area contributed by atoms with Gasteiger partial charge in [0.05, 0.1) is 16.8 Å². The zero-order chi connectivity index (χ0) is 13.5. The summed E-state index contributed by atoms with van der Waals surface area (Å²) in [5.41, 5.74) is 0. The molecule has 2 aliphatic heterocycles. The fourth-order valence-electron chi connectivity index (χ4n) is 2.67. The van der Waals surface area contributed by atoms with Crippen LogP contribution >= 0.6 is 18.9 Å². The van der Waals surface area contributed by atoms with Crippen molar-refractivity contribution in [1.82, 2.24) is 4.67 Å². The summed E-state index contributed by atoms with van der Waals surface area (Å²) in [4.78, 5) is 0.356. The highest BCUT2D eigenvalue weighted by Gasteiger charge is 2.46. The van der Waals surface area contributed by atoms with E-state index < -0.39 is 17.5 Å². The first-order chi connectivity index (χ1) is 9.08. The van der Waals surface area contributed by atoms with Crippen LogP contribution in [0.4, 0.5) is 0 Å². The van der Waals surface area contributed by atoms with E-state index in [-0.39, 0.29) is 17.9 Å². The first-order valence-electron chi connectivity index (χ1n) is 6.25. The van der Waals surface area contributed by atoms with Crippen LogP contribution in [0.15, 0.2) is 35.2 Å². The normalized spacial score (nSPS) is 31.5. The molecule has 3 atom stereocenters. The Morgan fingerprint density at radius 3 is 2.84 bits per heavy atom. The lowest BCUT2D eigenvalue weighted by Crippen LogP contribution is -2.33. The largest absolute Gasteiger partial charge is 0.325 e. The van der Waals surface area contributed by atoms with Crippen molar-refractivity contribution >= 4 is 28.7 Å². The number of hydrogen-bond donors (Lipinski definition) is 0. The van der Waals surface area contributed by atoms with Crippen molar-refractivity contribution in [3.8, 4) is 0 Å². The highest BCUT2D eigenvalue weighted by molar-refractivity contribution is 7.91. The minimum atomic E-state index is -3.31. The summed E-state index contributed by atoms with van der Waals surface area (Å²) in [6.07, 6.45) is 1.75. The summed E-state index contributed by atoms with van der Waals surface area (Å²) in [6.45, 7) is 0.918. The number of halogens is 1. The lowest BCUT2D eigenvalue weighted by atomic mass is 10.1. The molecule has 0 radical (unpaired) electrons. The van der Waals surface area contributed by atoms with Crippen molar-refractivity contribution in [2.24, 2.45) is 0 Å². The second-order valence-corrected chi connectivity index (χ2v) is 8.92. The molecule has 4 nitrogen and oxygen atoms in total. The summed E-state index contributed by atoms with van der Waals surface area (Å²) in [5, 5.41) is 0. The summed E-state index contributed by atoms with van der Waals surface area (Å²) in [6, 6.07) is 8.70. The minimum absolute atomic E-state index is 0.0176. The van der Waals surface area contributed by atoms with E-state index >= 15 is 0 Å². The summed E-state index contributed by atoms with van der Waals surface area (Å²) in [7, 11) is -4.43. The molecule has 1 aromatic carbocycles. The molecule has 0 aromatic heterocycles. The molecule has 0 bridgehead atoms. The van der Waals surface area contributed by atoms with Crippen molar-refractivity contribution in [1.29, 1.82) is 0 Å². The molecular formula is C12H15ClNO3PS. The molecule has 7 heteroatoms. The fourth-order valence-corrected chi connectivity index (χ4v) is 6.49. The number of hydrogen-bond acceptors (Lipinski definition) is 4. The van der Waals surface area contributed by atoms with Crippen LogP contribution in [0.25, 0.3) is 0 Å². The van der Waals surface area contributed by atoms with E-state index in [1.807, 2.05) is 6.07 Å². The van der Waals surface area contributed by atoms with Crippen molar-refractivity contribution < 1.29 is 12.9 Å². The Kier molecular flexibility index (Phi) is 3.84. The second-order valence-electron chi connectivity index (χ2n) is 4.84. The van der Waals surface area contributed by atoms with Gasteiger partial charge in [-0.15, -0.1) is 0 Å². The quantitative estimate of drug-likeness (QED) is 0.804. The van der Waals surface area contributed by atoms with Crippen LogP contribution in [-0.4, -0.2) is 37.5 Å². The van der Waals surface area contributed by atoms with Gasteiger partial charge in [-0.05, 0) is 36.2 Å². The average Bonchev–Trinajstić information content (AvgIpc) is 2.96. The van der Waals surface area contributed by atoms with Gasteiger partial charge in [-0.2, -0.15) is 0 Å². The topological polar surface area (TPSA) is 46.6 Å². The van der Waals surface area contributed by atoms with E-state index in [0.717, 1.165) is 19.4 Å². The summed E-state index contributed by atoms with van der Waals surface area (Å²) < 4.78 is 32.5. The summed E-state index contributed by atoms with van der Waals surface area (Å²) >= 11 is 6.16. The van der Waals surface area contributed by atoms with Crippen LogP contribution in [0.1, 0.15) is 12.8 Å². The van der Waals surface area contributed by atoms with E-state index in [0.29, 0.717) is 4.90 Å². The van der Waals surface area contributed by atoms with E-state index in [9.17, 15) is 8.42 Å². The van der Waals surface area contributed by atoms with Crippen LogP contribution in [0.5, 0.6) is 0 Å². The Morgan fingerprint density at radius 1 is 1.37 bits per heavy atom. The second kappa shape index (κ2) is 5.30. The van der Waals surface area contributed by atoms with Gasteiger partial charge in [-0.25, -0.2) is 13.1 Å². The van der Waals surface area contributed by atoms with Crippen LogP contribution < -0.4 is 0 Å². The zero-order valence-electron chi connectivity index (χ0n) is 10.3. The first-order valence-corrected chi connectivity index (χ1v) is 10.0. The molecule has 1 aromatic rings. The maximum Gasteiger partial charge on any atom is 0.207 e. The standard InChI is InChI=1S/C12H15ClNO3PS/c13-18-14-8-4-7-11(14)12(17-18)9-19(15,16)10-5-2-1-3-6-10/h1-3,5-6,11-12H,4,7-9H2/t11-,12?,18?/m0/s1. The molecule has 0 spiro atoms. The molecule has 0 aliphatic carbocycles. The molecular weight excluding hydrogens is 305 g/mol. The van der Waals surface area contributed by atoms with Gasteiger partial charge in [0.2, 0.25) is 7.65 Å². The number of fused-ring (bicyclic) bond motifs is 1.